The summed E-state index contributed by atoms with van der Waals surface area (Å²) in [6.45, 7) is 1.67. The molecule has 0 aliphatic heterocycles. The maximum absolute atomic E-state index is 10.7. The molecule has 2 aromatic rings. The predicted octanol–water partition coefficient (Wildman–Crippen LogP) is 0.768. The Bertz CT molecular complexity index is 481. The van der Waals surface area contributed by atoms with Crippen LogP contribution in [0.5, 0.6) is 0 Å². The average Bonchev–Trinajstić information content (AvgIpc) is 2.76. The summed E-state index contributed by atoms with van der Waals surface area (Å²) in [6, 6.07) is 3.55. The van der Waals surface area contributed by atoms with E-state index in [1.807, 2.05) is 0 Å². The molecule has 0 atom stereocenters. The van der Waals surface area contributed by atoms with Gasteiger partial charge in [0.05, 0.1) is 6.54 Å². The number of hydrogen-bond acceptors (Lipinski definition) is 5. The zero-order valence-corrected chi connectivity index (χ0v) is 8.67. The summed E-state index contributed by atoms with van der Waals surface area (Å²) in [5, 5.41) is 10.3. The first-order valence-corrected chi connectivity index (χ1v) is 4.73. The SMILES string of the molecule is CC(=O)NCc1nnc(-c2ccncc2)o1. The van der Waals surface area contributed by atoms with Crippen LogP contribution in [0.25, 0.3) is 11.5 Å². The summed E-state index contributed by atoms with van der Waals surface area (Å²) in [4.78, 5) is 14.6. The van der Waals surface area contributed by atoms with Crippen LogP contribution in [-0.2, 0) is 11.3 Å². The van der Waals surface area contributed by atoms with Gasteiger partial charge in [-0.1, -0.05) is 0 Å². The Morgan fingerprint density at radius 2 is 2.12 bits per heavy atom. The zero-order chi connectivity index (χ0) is 11.4. The first-order valence-electron chi connectivity index (χ1n) is 4.73. The summed E-state index contributed by atoms with van der Waals surface area (Å²) < 4.78 is 5.36. The van der Waals surface area contributed by atoms with Crippen molar-refractivity contribution in [3.8, 4) is 11.5 Å². The lowest BCUT2D eigenvalue weighted by molar-refractivity contribution is -0.119. The van der Waals surface area contributed by atoms with E-state index >= 15 is 0 Å². The minimum Gasteiger partial charge on any atom is -0.419 e. The fourth-order valence-corrected chi connectivity index (χ4v) is 1.14. The van der Waals surface area contributed by atoms with Gasteiger partial charge in [-0.15, -0.1) is 10.2 Å². The molecule has 0 fully saturated rings. The lowest BCUT2D eigenvalue weighted by Crippen LogP contribution is -2.18. The first kappa shape index (κ1) is 10.3. The van der Waals surface area contributed by atoms with E-state index in [0.29, 0.717) is 11.8 Å². The normalized spacial score (nSPS) is 10.1. The molecule has 0 aliphatic carbocycles. The monoisotopic (exact) mass is 218 g/mol. The largest absolute Gasteiger partial charge is 0.419 e. The molecule has 16 heavy (non-hydrogen) atoms. The Kier molecular flexibility index (Phi) is 2.90. The second kappa shape index (κ2) is 4.52. The Hall–Kier alpha value is -2.24. The van der Waals surface area contributed by atoms with Crippen molar-refractivity contribution in [2.45, 2.75) is 13.5 Å². The summed E-state index contributed by atoms with van der Waals surface area (Å²) in [5.74, 6) is 0.661. The standard InChI is InChI=1S/C10H10N4O2/c1-7(15)12-6-9-13-14-10(16-9)8-2-4-11-5-3-8/h2-5H,6H2,1H3,(H,12,15). The van der Waals surface area contributed by atoms with Crippen LogP contribution >= 0.6 is 0 Å². The van der Waals surface area contributed by atoms with Gasteiger partial charge in [0, 0.05) is 24.9 Å². The highest BCUT2D eigenvalue weighted by Crippen LogP contribution is 2.15. The van der Waals surface area contributed by atoms with Crippen molar-refractivity contribution in [3.05, 3.63) is 30.4 Å². The summed E-state index contributed by atoms with van der Waals surface area (Å²) in [6.07, 6.45) is 3.29. The van der Waals surface area contributed by atoms with Gasteiger partial charge in [0.2, 0.25) is 17.7 Å². The Morgan fingerprint density at radius 1 is 1.38 bits per heavy atom. The lowest BCUT2D eigenvalue weighted by Gasteiger charge is -1.95. The van der Waals surface area contributed by atoms with Crippen molar-refractivity contribution in [2.75, 3.05) is 0 Å². The number of hydrogen-bond donors (Lipinski definition) is 1. The van der Waals surface area contributed by atoms with Crippen LogP contribution in [0.15, 0.2) is 28.9 Å². The smallest absolute Gasteiger partial charge is 0.247 e. The number of aromatic nitrogens is 3. The van der Waals surface area contributed by atoms with Gasteiger partial charge in [-0.05, 0) is 12.1 Å². The van der Waals surface area contributed by atoms with Gasteiger partial charge in [0.1, 0.15) is 0 Å². The van der Waals surface area contributed by atoms with E-state index in [0.717, 1.165) is 5.56 Å². The third-order valence-electron chi connectivity index (χ3n) is 1.88. The van der Waals surface area contributed by atoms with Gasteiger partial charge in [-0.3, -0.25) is 9.78 Å². The summed E-state index contributed by atoms with van der Waals surface area (Å²) in [7, 11) is 0. The molecule has 6 heteroatoms. The molecule has 2 rings (SSSR count). The third kappa shape index (κ3) is 2.41. The number of pyridine rings is 1. The lowest BCUT2D eigenvalue weighted by atomic mass is 10.3. The van der Waals surface area contributed by atoms with Crippen LogP contribution in [0.3, 0.4) is 0 Å². The zero-order valence-electron chi connectivity index (χ0n) is 8.67. The molecule has 0 saturated carbocycles. The highest BCUT2D eigenvalue weighted by molar-refractivity contribution is 5.72. The molecule has 1 N–H and O–H groups in total. The number of carbonyl (C=O) groups is 1. The number of nitrogens with one attached hydrogen (secondary N) is 1. The van der Waals surface area contributed by atoms with Gasteiger partial charge in [-0.2, -0.15) is 0 Å². The van der Waals surface area contributed by atoms with Crippen molar-refractivity contribution in [1.29, 1.82) is 0 Å². The third-order valence-corrected chi connectivity index (χ3v) is 1.88. The highest BCUT2D eigenvalue weighted by atomic mass is 16.4. The molecule has 2 aromatic heterocycles. The van der Waals surface area contributed by atoms with E-state index in [2.05, 4.69) is 20.5 Å². The molecule has 2 heterocycles. The van der Waals surface area contributed by atoms with Crippen LogP contribution in [-0.4, -0.2) is 21.1 Å². The molecule has 0 saturated heterocycles. The van der Waals surface area contributed by atoms with Gasteiger partial charge in [0.25, 0.3) is 0 Å². The molecule has 1 amide bonds. The molecule has 0 spiro atoms. The van der Waals surface area contributed by atoms with Crippen molar-refractivity contribution >= 4 is 5.91 Å². The predicted molar refractivity (Wildman–Crippen MR) is 55.0 cm³/mol. The van der Waals surface area contributed by atoms with Gasteiger partial charge < -0.3 is 9.73 Å². The molecule has 6 nitrogen and oxygen atoms in total. The Balaban J connectivity index is 2.11. The van der Waals surface area contributed by atoms with Crippen LogP contribution in [0.1, 0.15) is 12.8 Å². The van der Waals surface area contributed by atoms with E-state index in [1.165, 1.54) is 6.92 Å². The second-order valence-electron chi connectivity index (χ2n) is 3.15. The molecule has 0 aromatic carbocycles. The molecular weight excluding hydrogens is 208 g/mol. The van der Waals surface area contributed by atoms with Gasteiger partial charge in [0.15, 0.2) is 0 Å². The fourth-order valence-electron chi connectivity index (χ4n) is 1.14. The van der Waals surface area contributed by atoms with Crippen molar-refractivity contribution in [2.24, 2.45) is 0 Å². The van der Waals surface area contributed by atoms with Crippen LogP contribution in [0, 0.1) is 0 Å². The molecule has 0 aliphatic rings. The molecule has 82 valence electrons. The minimum absolute atomic E-state index is 0.135. The van der Waals surface area contributed by atoms with Crippen LogP contribution < -0.4 is 5.32 Å². The van der Waals surface area contributed by atoms with E-state index < -0.39 is 0 Å². The number of amides is 1. The van der Waals surface area contributed by atoms with Gasteiger partial charge in [-0.25, -0.2) is 0 Å². The topological polar surface area (TPSA) is 80.9 Å². The molecule has 0 unspecified atom stereocenters. The minimum atomic E-state index is -0.135. The summed E-state index contributed by atoms with van der Waals surface area (Å²) in [5.41, 5.74) is 0.802. The van der Waals surface area contributed by atoms with E-state index in [9.17, 15) is 4.79 Å². The Morgan fingerprint density at radius 3 is 2.81 bits per heavy atom. The fraction of sp³-hybridized carbons (Fsp3) is 0.200. The Labute approximate surface area is 91.7 Å². The first-order chi connectivity index (χ1) is 7.75. The highest BCUT2D eigenvalue weighted by Gasteiger charge is 2.07. The van der Waals surface area contributed by atoms with Crippen LogP contribution in [0.4, 0.5) is 0 Å². The van der Waals surface area contributed by atoms with Crippen molar-refractivity contribution < 1.29 is 9.21 Å². The maximum atomic E-state index is 10.7. The summed E-state index contributed by atoms with van der Waals surface area (Å²) >= 11 is 0. The van der Waals surface area contributed by atoms with Gasteiger partial charge >= 0.3 is 0 Å². The van der Waals surface area contributed by atoms with Crippen molar-refractivity contribution in [3.63, 3.8) is 0 Å². The average molecular weight is 218 g/mol. The van der Waals surface area contributed by atoms with E-state index in [4.69, 9.17) is 4.42 Å². The number of nitrogens with zero attached hydrogens (tertiary/aromatic N) is 3. The number of rotatable bonds is 3. The van der Waals surface area contributed by atoms with E-state index in [1.54, 1.807) is 24.5 Å². The van der Waals surface area contributed by atoms with E-state index in [-0.39, 0.29) is 12.5 Å². The van der Waals surface area contributed by atoms with Crippen LogP contribution in [0.2, 0.25) is 0 Å². The van der Waals surface area contributed by atoms with Crippen molar-refractivity contribution in [1.82, 2.24) is 20.5 Å². The molecular formula is C10H10N4O2. The maximum Gasteiger partial charge on any atom is 0.247 e. The second-order valence-corrected chi connectivity index (χ2v) is 3.15. The quantitative estimate of drug-likeness (QED) is 0.822. The molecule has 0 bridgehead atoms. The number of carbonyl (C=O) groups excluding carboxylic acids is 1. The molecule has 0 radical (unpaired) electrons.